The molecule has 0 spiro atoms. The molecule has 0 N–H and O–H groups in total. The van der Waals surface area contributed by atoms with Gasteiger partial charge < -0.3 is 14.1 Å². The number of carbonyl (C=O) groups excluding carboxylic acids is 2. The lowest BCUT2D eigenvalue weighted by atomic mass is 10.0. The minimum atomic E-state index is -0.623. The molecule has 2 aromatic rings. The maximum Gasteiger partial charge on any atom is 0.410 e. The van der Waals surface area contributed by atoms with Crippen molar-refractivity contribution in [1.82, 2.24) is 4.90 Å². The van der Waals surface area contributed by atoms with Crippen LogP contribution in [0.3, 0.4) is 0 Å². The number of ketones is 1. The third kappa shape index (κ3) is 3.47. The molecule has 0 aliphatic carbocycles. The molecule has 0 saturated carbocycles. The number of hydrogen-bond acceptors (Lipinski definition) is 4. The topological polar surface area (TPSA) is 59.8 Å². The van der Waals surface area contributed by atoms with Crippen LogP contribution in [0.1, 0.15) is 38.1 Å². The van der Waals surface area contributed by atoms with Crippen molar-refractivity contribution in [3.8, 4) is 0 Å². The molecule has 5 nitrogen and oxygen atoms in total. The van der Waals surface area contributed by atoms with Gasteiger partial charge in [-0.2, -0.15) is 0 Å². The summed E-state index contributed by atoms with van der Waals surface area (Å²) >= 11 is 0. The van der Waals surface area contributed by atoms with E-state index in [-0.39, 0.29) is 5.78 Å². The van der Waals surface area contributed by atoms with Crippen LogP contribution < -0.4 is 0 Å². The Hall–Kier alpha value is -2.30. The summed E-state index contributed by atoms with van der Waals surface area (Å²) in [5.74, 6) is -0.161. The fourth-order valence-corrected chi connectivity index (χ4v) is 2.02. The molecular formula is C17H21NO4. The van der Waals surface area contributed by atoms with E-state index in [4.69, 9.17) is 9.15 Å². The number of fused-ring (bicyclic) bond motifs is 1. The van der Waals surface area contributed by atoms with Crippen LogP contribution in [0.4, 0.5) is 4.79 Å². The fraction of sp³-hybridized carbons (Fsp3) is 0.412. The molecule has 1 amide bonds. The van der Waals surface area contributed by atoms with Crippen LogP contribution in [0.15, 0.2) is 34.9 Å². The summed E-state index contributed by atoms with van der Waals surface area (Å²) in [5, 5.41) is 0.935. The van der Waals surface area contributed by atoms with E-state index in [0.717, 1.165) is 5.39 Å². The highest BCUT2D eigenvalue weighted by atomic mass is 16.6. The van der Waals surface area contributed by atoms with Gasteiger partial charge in [0.25, 0.3) is 0 Å². The van der Waals surface area contributed by atoms with Gasteiger partial charge in [0.15, 0.2) is 5.78 Å². The van der Waals surface area contributed by atoms with Gasteiger partial charge in [-0.05, 0) is 39.8 Å². The quantitative estimate of drug-likeness (QED) is 0.808. The Balaban J connectivity index is 2.15. The molecule has 118 valence electrons. The molecule has 1 aromatic carbocycles. The second-order valence-corrected chi connectivity index (χ2v) is 6.30. The second-order valence-electron chi connectivity index (χ2n) is 6.30. The number of ether oxygens (including phenoxy) is 1. The van der Waals surface area contributed by atoms with Gasteiger partial charge in [-0.1, -0.05) is 12.1 Å². The van der Waals surface area contributed by atoms with E-state index >= 15 is 0 Å². The van der Waals surface area contributed by atoms with Crippen LogP contribution in [-0.4, -0.2) is 35.5 Å². The van der Waals surface area contributed by atoms with Crippen LogP contribution in [0.5, 0.6) is 0 Å². The number of hydrogen-bond donors (Lipinski definition) is 0. The van der Waals surface area contributed by atoms with Gasteiger partial charge in [-0.25, -0.2) is 4.79 Å². The van der Waals surface area contributed by atoms with E-state index in [1.165, 1.54) is 4.90 Å². The molecule has 1 heterocycles. The van der Waals surface area contributed by atoms with E-state index in [0.29, 0.717) is 11.1 Å². The van der Waals surface area contributed by atoms with Crippen molar-refractivity contribution in [3.05, 3.63) is 36.1 Å². The zero-order chi connectivity index (χ0) is 16.5. The fourth-order valence-electron chi connectivity index (χ4n) is 2.02. The first kappa shape index (κ1) is 16.1. The summed E-state index contributed by atoms with van der Waals surface area (Å²) in [6.07, 6.45) is 1.06. The number of rotatable bonds is 3. The standard InChI is InChI=1S/C17H21NO4/c1-11(18(5)16(20)22-17(2,3)4)15(19)13-7-6-12-8-9-21-14(12)10-13/h6-11H,1-5H3/t11-/m0/s1. The van der Waals surface area contributed by atoms with Crippen LogP contribution in [0.25, 0.3) is 11.0 Å². The van der Waals surface area contributed by atoms with Crippen molar-refractivity contribution in [1.29, 1.82) is 0 Å². The van der Waals surface area contributed by atoms with E-state index < -0.39 is 17.7 Å². The summed E-state index contributed by atoms with van der Waals surface area (Å²) in [4.78, 5) is 25.9. The molecule has 0 aliphatic rings. The minimum Gasteiger partial charge on any atom is -0.464 e. The molecular weight excluding hydrogens is 282 g/mol. The Labute approximate surface area is 129 Å². The third-order valence-electron chi connectivity index (χ3n) is 3.38. The Morgan fingerprint density at radius 1 is 1.23 bits per heavy atom. The van der Waals surface area contributed by atoms with E-state index in [9.17, 15) is 9.59 Å². The number of benzene rings is 1. The first-order valence-electron chi connectivity index (χ1n) is 7.16. The Morgan fingerprint density at radius 3 is 2.55 bits per heavy atom. The molecule has 0 unspecified atom stereocenters. The summed E-state index contributed by atoms with van der Waals surface area (Å²) < 4.78 is 10.6. The number of Topliss-reactive ketones (excluding diaryl/α,β-unsaturated/α-hetero) is 1. The first-order valence-corrected chi connectivity index (χ1v) is 7.16. The Kier molecular flexibility index (Phi) is 4.26. The van der Waals surface area contributed by atoms with Crippen molar-refractivity contribution in [3.63, 3.8) is 0 Å². The number of nitrogens with zero attached hydrogens (tertiary/aromatic N) is 1. The van der Waals surface area contributed by atoms with Gasteiger partial charge in [-0.15, -0.1) is 0 Å². The van der Waals surface area contributed by atoms with Crippen LogP contribution >= 0.6 is 0 Å². The zero-order valence-corrected chi connectivity index (χ0v) is 13.5. The average molecular weight is 303 g/mol. The highest BCUT2D eigenvalue weighted by molar-refractivity contribution is 6.03. The number of carbonyl (C=O) groups is 2. The summed E-state index contributed by atoms with van der Waals surface area (Å²) in [7, 11) is 1.56. The molecule has 0 saturated heterocycles. The van der Waals surface area contributed by atoms with Crippen LogP contribution in [0.2, 0.25) is 0 Å². The van der Waals surface area contributed by atoms with E-state index in [2.05, 4.69) is 0 Å². The van der Waals surface area contributed by atoms with Gasteiger partial charge in [0.1, 0.15) is 11.2 Å². The van der Waals surface area contributed by atoms with Gasteiger partial charge in [-0.3, -0.25) is 4.79 Å². The maximum atomic E-state index is 12.5. The predicted octanol–water partition coefficient (Wildman–Crippen LogP) is 3.87. The minimum absolute atomic E-state index is 0.161. The first-order chi connectivity index (χ1) is 10.2. The average Bonchev–Trinajstić information content (AvgIpc) is 2.90. The van der Waals surface area contributed by atoms with Gasteiger partial charge in [0.2, 0.25) is 0 Å². The molecule has 0 radical (unpaired) electrons. The number of likely N-dealkylation sites (N-methyl/N-ethyl adjacent to an activating group) is 1. The smallest absolute Gasteiger partial charge is 0.410 e. The highest BCUT2D eigenvalue weighted by Crippen LogP contribution is 2.19. The zero-order valence-electron chi connectivity index (χ0n) is 13.5. The van der Waals surface area contributed by atoms with Gasteiger partial charge >= 0.3 is 6.09 Å². The lowest BCUT2D eigenvalue weighted by molar-refractivity contribution is 0.0231. The largest absolute Gasteiger partial charge is 0.464 e. The van der Waals surface area contributed by atoms with Crippen molar-refractivity contribution < 1.29 is 18.7 Å². The number of furan rings is 1. The van der Waals surface area contributed by atoms with Crippen molar-refractivity contribution in [2.45, 2.75) is 39.3 Å². The lowest BCUT2D eigenvalue weighted by Gasteiger charge is -2.28. The van der Waals surface area contributed by atoms with Gasteiger partial charge in [0.05, 0.1) is 12.3 Å². The third-order valence-corrected chi connectivity index (χ3v) is 3.38. The molecule has 1 aromatic heterocycles. The monoisotopic (exact) mass is 303 g/mol. The predicted molar refractivity (Wildman–Crippen MR) is 84.0 cm³/mol. The lowest BCUT2D eigenvalue weighted by Crippen LogP contribution is -2.43. The second kappa shape index (κ2) is 5.83. The van der Waals surface area contributed by atoms with E-state index in [1.807, 2.05) is 12.1 Å². The van der Waals surface area contributed by atoms with Gasteiger partial charge in [0, 0.05) is 18.0 Å². The molecule has 0 aliphatic heterocycles. The maximum absolute atomic E-state index is 12.5. The highest BCUT2D eigenvalue weighted by Gasteiger charge is 2.27. The van der Waals surface area contributed by atoms with Crippen LogP contribution in [-0.2, 0) is 4.74 Å². The molecule has 2 rings (SSSR count). The van der Waals surface area contributed by atoms with E-state index in [1.54, 1.807) is 53.1 Å². The number of amides is 1. The molecule has 22 heavy (non-hydrogen) atoms. The molecule has 0 bridgehead atoms. The molecule has 0 fully saturated rings. The summed E-state index contributed by atoms with van der Waals surface area (Å²) in [6.45, 7) is 7.04. The Morgan fingerprint density at radius 2 is 1.91 bits per heavy atom. The SMILES string of the molecule is C[C@@H](C(=O)c1ccc2ccoc2c1)N(C)C(=O)OC(C)(C)C. The molecule has 1 atom stereocenters. The van der Waals surface area contributed by atoms with Crippen molar-refractivity contribution >= 4 is 22.8 Å². The summed E-state index contributed by atoms with van der Waals surface area (Å²) in [5.41, 5.74) is 0.560. The van der Waals surface area contributed by atoms with Crippen molar-refractivity contribution in [2.24, 2.45) is 0 Å². The Bertz CT molecular complexity index is 696. The normalized spacial score (nSPS) is 13.0. The molecule has 5 heteroatoms. The summed E-state index contributed by atoms with van der Waals surface area (Å²) in [6, 6.07) is 6.46. The van der Waals surface area contributed by atoms with Crippen molar-refractivity contribution in [2.75, 3.05) is 7.05 Å². The van der Waals surface area contributed by atoms with Crippen LogP contribution in [0, 0.1) is 0 Å².